The normalized spacial score (nSPS) is 11.7. The average molecular weight is 157 g/mol. The number of ether oxygens (including phenoxy) is 1. The van der Waals surface area contributed by atoms with Crippen molar-refractivity contribution in [1.29, 1.82) is 0 Å². The van der Waals surface area contributed by atoms with Crippen molar-refractivity contribution in [3.63, 3.8) is 0 Å². The molecule has 4 nitrogen and oxygen atoms in total. The fraction of sp³-hybridized carbons (Fsp3) is 0.714. The van der Waals surface area contributed by atoms with Crippen LogP contribution >= 0.6 is 0 Å². The van der Waals surface area contributed by atoms with Crippen LogP contribution < -0.4 is 0 Å². The van der Waals surface area contributed by atoms with Gasteiger partial charge in [-0.15, -0.1) is 0 Å². The van der Waals surface area contributed by atoms with Crippen molar-refractivity contribution in [2.75, 3.05) is 13.2 Å². The van der Waals surface area contributed by atoms with Crippen LogP contribution in [-0.4, -0.2) is 30.3 Å². The maximum Gasteiger partial charge on any atom is 0.308 e. The molecular formula is C7H11NO3. The van der Waals surface area contributed by atoms with Crippen LogP contribution in [0, 0.1) is 6.57 Å². The van der Waals surface area contributed by atoms with E-state index in [2.05, 4.69) is 9.58 Å². The minimum absolute atomic E-state index is 0.0428. The molecule has 0 spiro atoms. The largest absolute Gasteiger partial charge is 0.466 e. The van der Waals surface area contributed by atoms with Crippen LogP contribution in [0.2, 0.25) is 0 Å². The van der Waals surface area contributed by atoms with Crippen molar-refractivity contribution in [3.05, 3.63) is 11.4 Å². The lowest BCUT2D eigenvalue weighted by Gasteiger charge is -2.02. The van der Waals surface area contributed by atoms with E-state index in [0.29, 0.717) is 6.61 Å². The first kappa shape index (κ1) is 9.92. The Morgan fingerprint density at radius 1 is 1.82 bits per heavy atom. The molecule has 0 bridgehead atoms. The quantitative estimate of drug-likeness (QED) is 0.469. The fourth-order valence-electron chi connectivity index (χ4n) is 0.582. The predicted molar refractivity (Wildman–Crippen MR) is 38.7 cm³/mol. The number of carbonyl (C=O) groups excluding carboxylic acids is 1. The third kappa shape index (κ3) is 5.37. The smallest absolute Gasteiger partial charge is 0.308 e. The zero-order valence-corrected chi connectivity index (χ0v) is 6.41. The van der Waals surface area contributed by atoms with E-state index in [1.54, 1.807) is 6.92 Å². The Morgan fingerprint density at radius 3 is 2.91 bits per heavy atom. The zero-order chi connectivity index (χ0) is 8.69. The number of hydrogen-bond donors (Lipinski definition) is 1. The van der Waals surface area contributed by atoms with Gasteiger partial charge in [0.15, 0.2) is 0 Å². The summed E-state index contributed by atoms with van der Waals surface area (Å²) in [4.78, 5) is 13.6. The Labute approximate surface area is 65.6 Å². The highest BCUT2D eigenvalue weighted by molar-refractivity contribution is 5.69. The Morgan fingerprint density at radius 2 is 2.45 bits per heavy atom. The lowest BCUT2D eigenvalue weighted by molar-refractivity contribution is -0.145. The van der Waals surface area contributed by atoms with E-state index in [9.17, 15) is 4.79 Å². The highest BCUT2D eigenvalue weighted by Gasteiger charge is 2.12. The number of carbonyl (C=O) groups is 1. The van der Waals surface area contributed by atoms with Crippen LogP contribution in [0.1, 0.15) is 13.3 Å². The number of aliphatic hydroxyl groups is 1. The molecule has 0 heterocycles. The summed E-state index contributed by atoms with van der Waals surface area (Å²) < 4.78 is 4.56. The number of hydrogen-bond acceptors (Lipinski definition) is 3. The monoisotopic (exact) mass is 157 g/mol. The number of rotatable bonds is 4. The van der Waals surface area contributed by atoms with E-state index in [4.69, 9.17) is 11.7 Å². The maximum atomic E-state index is 10.6. The molecule has 0 aromatic carbocycles. The molecule has 0 rings (SSSR count). The molecule has 0 unspecified atom stereocenters. The summed E-state index contributed by atoms with van der Waals surface area (Å²) in [6.07, 6.45) is -0.970. The van der Waals surface area contributed by atoms with Gasteiger partial charge in [0.05, 0.1) is 13.0 Å². The molecule has 0 radical (unpaired) electrons. The molecule has 0 aromatic heterocycles. The molecule has 0 aromatic rings. The molecule has 62 valence electrons. The van der Waals surface area contributed by atoms with Gasteiger partial charge in [-0.05, 0) is 6.92 Å². The van der Waals surface area contributed by atoms with Gasteiger partial charge in [-0.25, -0.2) is 6.57 Å². The van der Waals surface area contributed by atoms with Gasteiger partial charge in [0.2, 0.25) is 6.54 Å². The topological polar surface area (TPSA) is 50.9 Å². The van der Waals surface area contributed by atoms with Gasteiger partial charge < -0.3 is 14.7 Å². The summed E-state index contributed by atoms with van der Waals surface area (Å²) >= 11 is 0. The first-order valence-electron chi connectivity index (χ1n) is 3.37. The SMILES string of the molecule is [C-]#[N+]C[C@@H](O)CC(=O)OCC. The van der Waals surface area contributed by atoms with Crippen molar-refractivity contribution in [2.24, 2.45) is 0 Å². The number of aliphatic hydroxyl groups excluding tert-OH is 1. The minimum atomic E-state index is -0.883. The van der Waals surface area contributed by atoms with Gasteiger partial charge in [-0.1, -0.05) is 0 Å². The second-order valence-electron chi connectivity index (χ2n) is 2.00. The molecular weight excluding hydrogens is 146 g/mol. The lowest BCUT2D eigenvalue weighted by atomic mass is 10.2. The predicted octanol–water partition coefficient (Wildman–Crippen LogP) is 0.220. The van der Waals surface area contributed by atoms with E-state index in [0.717, 1.165) is 0 Å². The molecule has 0 amide bonds. The Balaban J connectivity index is 3.50. The van der Waals surface area contributed by atoms with Crippen LogP contribution in [0.5, 0.6) is 0 Å². The van der Waals surface area contributed by atoms with E-state index in [1.807, 2.05) is 0 Å². The van der Waals surface area contributed by atoms with E-state index >= 15 is 0 Å². The van der Waals surface area contributed by atoms with Crippen LogP contribution in [0.3, 0.4) is 0 Å². The van der Waals surface area contributed by atoms with Gasteiger partial charge >= 0.3 is 5.97 Å². The zero-order valence-electron chi connectivity index (χ0n) is 6.41. The van der Waals surface area contributed by atoms with E-state index < -0.39 is 12.1 Å². The van der Waals surface area contributed by atoms with Crippen LogP contribution in [-0.2, 0) is 9.53 Å². The van der Waals surface area contributed by atoms with Gasteiger partial charge in [-0.3, -0.25) is 4.79 Å². The first-order valence-corrected chi connectivity index (χ1v) is 3.37. The van der Waals surface area contributed by atoms with Crippen LogP contribution in [0.4, 0.5) is 0 Å². The summed E-state index contributed by atoms with van der Waals surface area (Å²) in [5.74, 6) is -0.455. The van der Waals surface area contributed by atoms with Gasteiger partial charge in [-0.2, -0.15) is 0 Å². The van der Waals surface area contributed by atoms with Crippen molar-refractivity contribution < 1.29 is 14.6 Å². The fourth-order valence-corrected chi connectivity index (χ4v) is 0.582. The van der Waals surface area contributed by atoms with Crippen molar-refractivity contribution >= 4 is 5.97 Å². The molecule has 11 heavy (non-hydrogen) atoms. The van der Waals surface area contributed by atoms with Crippen molar-refractivity contribution in [1.82, 2.24) is 0 Å². The van der Waals surface area contributed by atoms with Crippen LogP contribution in [0.25, 0.3) is 4.85 Å². The van der Waals surface area contributed by atoms with Crippen molar-refractivity contribution in [3.8, 4) is 0 Å². The van der Waals surface area contributed by atoms with Crippen molar-refractivity contribution in [2.45, 2.75) is 19.4 Å². The molecule has 1 N–H and O–H groups in total. The summed E-state index contributed by atoms with van der Waals surface area (Å²) in [6, 6.07) is 0. The molecule has 1 atom stereocenters. The summed E-state index contributed by atoms with van der Waals surface area (Å²) in [6.45, 7) is 8.35. The molecule has 0 saturated carbocycles. The summed E-state index contributed by atoms with van der Waals surface area (Å²) in [5, 5.41) is 8.93. The first-order chi connectivity index (χ1) is 5.20. The van der Waals surface area contributed by atoms with Gasteiger partial charge in [0, 0.05) is 0 Å². The number of esters is 1. The van der Waals surface area contributed by atoms with E-state index in [1.165, 1.54) is 0 Å². The minimum Gasteiger partial charge on any atom is -0.466 e. The standard InChI is InChI=1S/C7H11NO3/c1-3-11-7(10)4-6(9)5-8-2/h6,9H,3-5H2,1H3/t6-/m0/s1. The Hall–Kier alpha value is -1.08. The molecule has 4 heteroatoms. The Kier molecular flexibility index (Phi) is 5.13. The second-order valence-corrected chi connectivity index (χ2v) is 2.00. The van der Waals surface area contributed by atoms with E-state index in [-0.39, 0.29) is 13.0 Å². The second kappa shape index (κ2) is 5.69. The lowest BCUT2D eigenvalue weighted by Crippen LogP contribution is -2.17. The molecule has 0 saturated heterocycles. The maximum absolute atomic E-state index is 10.6. The average Bonchev–Trinajstić information content (AvgIpc) is 1.87. The summed E-state index contributed by atoms with van der Waals surface area (Å²) in [7, 11) is 0. The molecule has 0 aliphatic rings. The highest BCUT2D eigenvalue weighted by Crippen LogP contribution is 1.94. The van der Waals surface area contributed by atoms with Gasteiger partial charge in [0.25, 0.3) is 0 Å². The highest BCUT2D eigenvalue weighted by atomic mass is 16.5. The third-order valence-electron chi connectivity index (χ3n) is 1.01. The van der Waals surface area contributed by atoms with Gasteiger partial charge in [0.1, 0.15) is 6.10 Å². The molecule has 0 aliphatic carbocycles. The molecule has 0 aliphatic heterocycles. The third-order valence-corrected chi connectivity index (χ3v) is 1.01. The summed E-state index contributed by atoms with van der Waals surface area (Å²) in [5.41, 5.74) is 0. The van der Waals surface area contributed by atoms with Crippen LogP contribution in [0.15, 0.2) is 0 Å². The molecule has 0 fully saturated rings. The number of nitrogens with zero attached hydrogens (tertiary/aromatic N) is 1. The Bertz CT molecular complexity index is 162.